The highest BCUT2D eigenvalue weighted by Gasteiger charge is 2.16. The minimum atomic E-state index is -0.444. The number of rotatable bonds is 3. The van der Waals surface area contributed by atoms with E-state index in [-0.39, 0.29) is 5.91 Å². The first-order chi connectivity index (χ1) is 5.97. The second-order valence-corrected chi connectivity index (χ2v) is 4.51. The molecule has 0 spiro atoms. The highest BCUT2D eigenvalue weighted by atomic mass is 32.1. The monoisotopic (exact) mass is 198 g/mol. The highest BCUT2D eigenvalue weighted by Crippen LogP contribution is 2.13. The molecule has 0 aliphatic heterocycles. The Morgan fingerprint density at radius 3 is 2.85 bits per heavy atom. The van der Waals surface area contributed by atoms with Crippen molar-refractivity contribution in [1.82, 2.24) is 0 Å². The minimum absolute atomic E-state index is 0.0362. The van der Waals surface area contributed by atoms with E-state index in [2.05, 4.69) is 5.32 Å². The Labute approximate surface area is 81.9 Å². The van der Waals surface area contributed by atoms with Crippen LogP contribution in [0.4, 0.5) is 5.69 Å². The van der Waals surface area contributed by atoms with Crippen LogP contribution in [0.25, 0.3) is 0 Å². The maximum atomic E-state index is 11.3. The number of nitrogens with two attached hydrogens (primary N) is 1. The molecule has 0 saturated carbocycles. The molecule has 0 saturated heterocycles. The predicted molar refractivity (Wildman–Crippen MR) is 55.8 cm³/mol. The van der Waals surface area contributed by atoms with Gasteiger partial charge in [0.25, 0.3) is 0 Å². The molecular formula is C9H14N2OS. The molecule has 0 unspecified atom stereocenters. The Bertz CT molecular complexity index is 274. The van der Waals surface area contributed by atoms with Crippen LogP contribution in [0.2, 0.25) is 0 Å². The van der Waals surface area contributed by atoms with Crippen molar-refractivity contribution in [2.75, 3.05) is 5.32 Å². The molecule has 3 nitrogen and oxygen atoms in total. The smallest absolute Gasteiger partial charge is 0.226 e. The molecule has 0 aliphatic carbocycles. The van der Waals surface area contributed by atoms with Gasteiger partial charge in [-0.05, 0) is 25.3 Å². The fourth-order valence-corrected chi connectivity index (χ4v) is 1.54. The van der Waals surface area contributed by atoms with Crippen molar-refractivity contribution in [3.8, 4) is 0 Å². The van der Waals surface area contributed by atoms with E-state index >= 15 is 0 Å². The van der Waals surface area contributed by atoms with Gasteiger partial charge in [-0.3, -0.25) is 4.79 Å². The number of anilines is 1. The highest BCUT2D eigenvalue weighted by molar-refractivity contribution is 7.08. The molecule has 0 bridgehead atoms. The summed E-state index contributed by atoms with van der Waals surface area (Å²) in [6, 6.07) is 1.87. The van der Waals surface area contributed by atoms with Crippen molar-refractivity contribution in [1.29, 1.82) is 0 Å². The molecule has 0 aliphatic rings. The van der Waals surface area contributed by atoms with Gasteiger partial charge >= 0.3 is 0 Å². The minimum Gasteiger partial charge on any atom is -0.325 e. The van der Waals surface area contributed by atoms with E-state index in [9.17, 15) is 4.79 Å². The van der Waals surface area contributed by atoms with E-state index in [1.165, 1.54) is 0 Å². The van der Waals surface area contributed by atoms with Gasteiger partial charge < -0.3 is 11.1 Å². The summed E-state index contributed by atoms with van der Waals surface area (Å²) in [7, 11) is 0. The molecule has 3 N–H and O–H groups in total. The summed E-state index contributed by atoms with van der Waals surface area (Å²) in [5, 5.41) is 6.58. The molecule has 1 aromatic heterocycles. The van der Waals surface area contributed by atoms with E-state index in [1.54, 1.807) is 11.3 Å². The Hall–Kier alpha value is -0.870. The van der Waals surface area contributed by atoms with Crippen molar-refractivity contribution in [2.24, 2.45) is 5.73 Å². The zero-order valence-electron chi connectivity index (χ0n) is 7.83. The van der Waals surface area contributed by atoms with Crippen molar-refractivity contribution in [3.63, 3.8) is 0 Å². The Balaban J connectivity index is 2.43. The van der Waals surface area contributed by atoms with Gasteiger partial charge in [-0.25, -0.2) is 0 Å². The van der Waals surface area contributed by atoms with Crippen LogP contribution in [0.3, 0.4) is 0 Å². The molecule has 72 valence electrons. The quantitative estimate of drug-likeness (QED) is 0.778. The van der Waals surface area contributed by atoms with Crippen molar-refractivity contribution >= 4 is 22.9 Å². The summed E-state index contributed by atoms with van der Waals surface area (Å²) in [6.07, 6.45) is 0.336. The fourth-order valence-electron chi connectivity index (χ4n) is 0.955. The van der Waals surface area contributed by atoms with Gasteiger partial charge in [-0.1, -0.05) is 0 Å². The number of carbonyl (C=O) groups is 1. The third kappa shape index (κ3) is 4.05. The van der Waals surface area contributed by atoms with Crippen LogP contribution in [0.5, 0.6) is 0 Å². The molecule has 0 fully saturated rings. The van der Waals surface area contributed by atoms with Crippen LogP contribution in [-0.2, 0) is 4.79 Å². The lowest BCUT2D eigenvalue weighted by Crippen LogP contribution is -2.36. The van der Waals surface area contributed by atoms with E-state index in [1.807, 2.05) is 30.7 Å². The van der Waals surface area contributed by atoms with Crippen LogP contribution < -0.4 is 11.1 Å². The van der Waals surface area contributed by atoms with Gasteiger partial charge in [-0.2, -0.15) is 11.3 Å². The van der Waals surface area contributed by atoms with Gasteiger partial charge in [0.15, 0.2) is 0 Å². The first-order valence-electron chi connectivity index (χ1n) is 4.08. The maximum Gasteiger partial charge on any atom is 0.226 e. The van der Waals surface area contributed by atoms with Gasteiger partial charge in [0, 0.05) is 17.3 Å². The summed E-state index contributed by atoms with van der Waals surface area (Å²) in [6.45, 7) is 3.67. The topological polar surface area (TPSA) is 55.1 Å². The van der Waals surface area contributed by atoms with Crippen molar-refractivity contribution < 1.29 is 4.79 Å². The molecule has 1 aromatic rings. The number of thiophene rings is 1. The fraction of sp³-hybridized carbons (Fsp3) is 0.444. The molecule has 1 rings (SSSR count). The number of hydrogen-bond acceptors (Lipinski definition) is 3. The number of carbonyl (C=O) groups excluding carboxylic acids is 1. The first kappa shape index (κ1) is 10.2. The Kier molecular flexibility index (Phi) is 3.06. The van der Waals surface area contributed by atoms with Crippen LogP contribution in [-0.4, -0.2) is 11.4 Å². The lowest BCUT2D eigenvalue weighted by Gasteiger charge is -2.16. The van der Waals surface area contributed by atoms with E-state index in [4.69, 9.17) is 5.73 Å². The van der Waals surface area contributed by atoms with Gasteiger partial charge in [0.2, 0.25) is 5.91 Å². The SMILES string of the molecule is CC(C)(N)CC(=O)Nc1ccsc1. The zero-order chi connectivity index (χ0) is 9.90. The van der Waals surface area contributed by atoms with Crippen molar-refractivity contribution in [2.45, 2.75) is 25.8 Å². The molecule has 1 heterocycles. The summed E-state index contributed by atoms with van der Waals surface area (Å²) >= 11 is 1.55. The average Bonchev–Trinajstić information content (AvgIpc) is 2.34. The van der Waals surface area contributed by atoms with Crippen molar-refractivity contribution in [3.05, 3.63) is 16.8 Å². The summed E-state index contributed by atoms with van der Waals surface area (Å²) in [5.41, 5.74) is 6.11. The Morgan fingerprint density at radius 2 is 2.38 bits per heavy atom. The summed E-state index contributed by atoms with van der Waals surface area (Å²) in [5.74, 6) is -0.0362. The predicted octanol–water partition coefficient (Wildman–Crippen LogP) is 1.81. The Morgan fingerprint density at radius 1 is 1.69 bits per heavy atom. The standard InChI is InChI=1S/C9H14N2OS/c1-9(2,10)5-8(12)11-7-3-4-13-6-7/h3-4,6H,5,10H2,1-2H3,(H,11,12). The largest absolute Gasteiger partial charge is 0.325 e. The molecule has 0 radical (unpaired) electrons. The van der Waals surface area contributed by atoms with E-state index in [0.29, 0.717) is 6.42 Å². The second kappa shape index (κ2) is 3.89. The third-order valence-electron chi connectivity index (χ3n) is 1.42. The maximum absolute atomic E-state index is 11.3. The second-order valence-electron chi connectivity index (χ2n) is 3.73. The van der Waals surface area contributed by atoms with Gasteiger partial charge in [0.1, 0.15) is 0 Å². The molecule has 4 heteroatoms. The summed E-state index contributed by atoms with van der Waals surface area (Å²) < 4.78 is 0. The lowest BCUT2D eigenvalue weighted by atomic mass is 10.0. The average molecular weight is 198 g/mol. The molecule has 0 aromatic carbocycles. The van der Waals surface area contributed by atoms with Crippen LogP contribution in [0, 0.1) is 0 Å². The number of hydrogen-bond donors (Lipinski definition) is 2. The summed E-state index contributed by atoms with van der Waals surface area (Å²) in [4.78, 5) is 11.3. The zero-order valence-corrected chi connectivity index (χ0v) is 8.65. The third-order valence-corrected chi connectivity index (χ3v) is 2.10. The van der Waals surface area contributed by atoms with Crippen LogP contribution >= 0.6 is 11.3 Å². The number of amides is 1. The van der Waals surface area contributed by atoms with E-state index in [0.717, 1.165) is 5.69 Å². The van der Waals surface area contributed by atoms with Crippen LogP contribution in [0.1, 0.15) is 20.3 Å². The molecule has 13 heavy (non-hydrogen) atoms. The number of nitrogens with one attached hydrogen (secondary N) is 1. The van der Waals surface area contributed by atoms with Crippen LogP contribution in [0.15, 0.2) is 16.8 Å². The normalized spacial score (nSPS) is 11.3. The molecule has 0 atom stereocenters. The first-order valence-corrected chi connectivity index (χ1v) is 5.02. The molecule has 1 amide bonds. The lowest BCUT2D eigenvalue weighted by molar-refractivity contribution is -0.117. The molecular weight excluding hydrogens is 184 g/mol. The van der Waals surface area contributed by atoms with Gasteiger partial charge in [-0.15, -0.1) is 0 Å². The van der Waals surface area contributed by atoms with E-state index < -0.39 is 5.54 Å². The van der Waals surface area contributed by atoms with Gasteiger partial charge in [0.05, 0.1) is 5.69 Å².